The highest BCUT2D eigenvalue weighted by atomic mass is 19.2. The molecule has 0 aliphatic rings. The lowest BCUT2D eigenvalue weighted by atomic mass is 9.97. The summed E-state index contributed by atoms with van der Waals surface area (Å²) in [6, 6.07) is 11.9. The van der Waals surface area contributed by atoms with Crippen molar-refractivity contribution < 1.29 is 22.3 Å². The van der Waals surface area contributed by atoms with Crippen molar-refractivity contribution >= 4 is 0 Å². The van der Waals surface area contributed by atoms with E-state index in [1.807, 2.05) is 13.8 Å². The molecule has 0 unspecified atom stereocenters. The monoisotopic (exact) mass is 388 g/mol. The normalized spacial score (nSPS) is 10.9. The third-order valence-electron chi connectivity index (χ3n) is 4.53. The van der Waals surface area contributed by atoms with Crippen molar-refractivity contribution in [3.63, 3.8) is 0 Å². The summed E-state index contributed by atoms with van der Waals surface area (Å²) in [6.45, 7) is 4.19. The second kappa shape index (κ2) is 8.46. The van der Waals surface area contributed by atoms with Gasteiger partial charge in [0.25, 0.3) is 0 Å². The Morgan fingerprint density at radius 1 is 0.643 bits per heavy atom. The number of hydrogen-bond donors (Lipinski definition) is 0. The molecule has 0 saturated heterocycles. The van der Waals surface area contributed by atoms with Gasteiger partial charge in [-0.3, -0.25) is 0 Å². The molecule has 3 aromatic carbocycles. The highest BCUT2D eigenvalue weighted by Crippen LogP contribution is 2.34. The topological polar surface area (TPSA) is 9.23 Å². The Labute approximate surface area is 161 Å². The van der Waals surface area contributed by atoms with Crippen LogP contribution in [0.1, 0.15) is 25.8 Å². The molecular formula is C23H20F4O. The fourth-order valence-electron chi connectivity index (χ4n) is 3.14. The lowest BCUT2D eigenvalue weighted by Crippen LogP contribution is -2.00. The molecule has 0 aromatic heterocycles. The second-order valence-corrected chi connectivity index (χ2v) is 6.40. The van der Waals surface area contributed by atoms with Crippen molar-refractivity contribution in [2.45, 2.75) is 26.7 Å². The van der Waals surface area contributed by atoms with Gasteiger partial charge in [-0.2, -0.15) is 0 Å². The van der Waals surface area contributed by atoms with E-state index in [2.05, 4.69) is 0 Å². The average molecular weight is 388 g/mol. The first-order valence-corrected chi connectivity index (χ1v) is 9.16. The standard InChI is InChI=1S/C23H20F4O/c1-3-5-15-8-11-18(22(26)20(15)24)19-13-12-17(21(25)23(19)27)14-6-9-16(10-7-14)28-4-2/h6-13H,3-5H2,1-2H3. The first-order chi connectivity index (χ1) is 13.5. The molecule has 0 atom stereocenters. The van der Waals surface area contributed by atoms with Crippen molar-refractivity contribution in [1.29, 1.82) is 0 Å². The SMILES string of the molecule is CCCc1ccc(-c2ccc(-c3ccc(OCC)cc3)c(F)c2F)c(F)c1F. The molecule has 0 heterocycles. The molecule has 3 aromatic rings. The van der Waals surface area contributed by atoms with Crippen LogP contribution in [-0.2, 0) is 6.42 Å². The summed E-state index contributed by atoms with van der Waals surface area (Å²) in [7, 11) is 0. The second-order valence-electron chi connectivity index (χ2n) is 6.40. The maximum atomic E-state index is 14.7. The lowest BCUT2D eigenvalue weighted by Gasteiger charge is -2.12. The highest BCUT2D eigenvalue weighted by Gasteiger charge is 2.21. The van der Waals surface area contributed by atoms with Gasteiger partial charge >= 0.3 is 0 Å². The van der Waals surface area contributed by atoms with Crippen LogP contribution in [0.15, 0.2) is 48.5 Å². The van der Waals surface area contributed by atoms with Gasteiger partial charge in [-0.15, -0.1) is 0 Å². The van der Waals surface area contributed by atoms with Gasteiger partial charge in [0.05, 0.1) is 6.61 Å². The Hall–Kier alpha value is -2.82. The summed E-state index contributed by atoms with van der Waals surface area (Å²) in [4.78, 5) is 0. The summed E-state index contributed by atoms with van der Waals surface area (Å²) in [5, 5.41) is 0. The van der Waals surface area contributed by atoms with E-state index in [-0.39, 0.29) is 22.3 Å². The van der Waals surface area contributed by atoms with Crippen molar-refractivity contribution in [2.24, 2.45) is 0 Å². The Kier molecular flexibility index (Phi) is 6.02. The largest absolute Gasteiger partial charge is 0.494 e. The minimum atomic E-state index is -1.21. The Bertz CT molecular complexity index is 981. The number of benzene rings is 3. The van der Waals surface area contributed by atoms with Crippen molar-refractivity contribution in [1.82, 2.24) is 0 Å². The van der Waals surface area contributed by atoms with Gasteiger partial charge in [0, 0.05) is 16.7 Å². The molecule has 0 bridgehead atoms. The summed E-state index contributed by atoms with van der Waals surface area (Å²) < 4.78 is 63.4. The van der Waals surface area contributed by atoms with Crippen LogP contribution in [0.3, 0.4) is 0 Å². The fourth-order valence-corrected chi connectivity index (χ4v) is 3.14. The van der Waals surface area contributed by atoms with Gasteiger partial charge < -0.3 is 4.74 Å². The van der Waals surface area contributed by atoms with Gasteiger partial charge in [0.1, 0.15) is 5.75 Å². The lowest BCUT2D eigenvalue weighted by molar-refractivity contribution is 0.340. The number of hydrogen-bond acceptors (Lipinski definition) is 1. The van der Waals surface area contributed by atoms with Crippen molar-refractivity contribution in [2.75, 3.05) is 6.61 Å². The van der Waals surface area contributed by atoms with E-state index in [0.717, 1.165) is 0 Å². The van der Waals surface area contributed by atoms with E-state index in [4.69, 9.17) is 4.74 Å². The molecule has 0 amide bonds. The van der Waals surface area contributed by atoms with Gasteiger partial charge in [-0.25, -0.2) is 17.6 Å². The molecule has 5 heteroatoms. The third-order valence-corrected chi connectivity index (χ3v) is 4.53. The van der Waals surface area contributed by atoms with Crippen molar-refractivity contribution in [3.8, 4) is 28.0 Å². The predicted molar refractivity (Wildman–Crippen MR) is 102 cm³/mol. The summed E-state index contributed by atoms with van der Waals surface area (Å²) in [5.41, 5.74) is 0.0957. The number of halogens is 4. The quantitative estimate of drug-likeness (QED) is 0.416. The summed E-state index contributed by atoms with van der Waals surface area (Å²) in [6.07, 6.45) is 1.02. The van der Waals surface area contributed by atoms with Crippen LogP contribution >= 0.6 is 0 Å². The van der Waals surface area contributed by atoms with Gasteiger partial charge in [-0.1, -0.05) is 49.7 Å². The molecule has 3 rings (SSSR count). The molecule has 1 nitrogen and oxygen atoms in total. The molecule has 0 aliphatic heterocycles. The van der Waals surface area contributed by atoms with Crippen LogP contribution in [0.25, 0.3) is 22.3 Å². The molecule has 0 fully saturated rings. The zero-order valence-corrected chi connectivity index (χ0v) is 15.7. The minimum absolute atomic E-state index is 0.0350. The Morgan fingerprint density at radius 3 is 1.79 bits per heavy atom. The maximum absolute atomic E-state index is 14.7. The molecule has 0 aliphatic carbocycles. The van der Waals surface area contributed by atoms with Crippen LogP contribution in [0, 0.1) is 23.3 Å². The molecule has 0 radical (unpaired) electrons. The highest BCUT2D eigenvalue weighted by molar-refractivity contribution is 5.72. The molecule has 0 N–H and O–H groups in total. The average Bonchev–Trinajstić information content (AvgIpc) is 2.69. The summed E-state index contributed by atoms with van der Waals surface area (Å²) in [5.74, 6) is -3.90. The molecule has 28 heavy (non-hydrogen) atoms. The van der Waals surface area contributed by atoms with Crippen LogP contribution in [0.5, 0.6) is 5.75 Å². The van der Waals surface area contributed by atoms with E-state index in [0.29, 0.717) is 30.8 Å². The third kappa shape index (κ3) is 3.75. The van der Waals surface area contributed by atoms with Crippen molar-refractivity contribution in [3.05, 3.63) is 77.4 Å². The summed E-state index contributed by atoms with van der Waals surface area (Å²) >= 11 is 0. The Balaban J connectivity index is 2.02. The molecular weight excluding hydrogens is 368 g/mol. The molecule has 0 spiro atoms. The number of rotatable bonds is 6. The molecule has 146 valence electrons. The number of aryl methyl sites for hydroxylation is 1. The number of ether oxygens (including phenoxy) is 1. The molecule has 0 saturated carbocycles. The van der Waals surface area contributed by atoms with E-state index in [9.17, 15) is 17.6 Å². The Morgan fingerprint density at radius 2 is 1.18 bits per heavy atom. The van der Waals surface area contributed by atoms with E-state index < -0.39 is 23.3 Å². The van der Waals surface area contributed by atoms with Gasteiger partial charge in [0.2, 0.25) is 0 Å². The van der Waals surface area contributed by atoms with Crippen LogP contribution in [0.2, 0.25) is 0 Å². The van der Waals surface area contributed by atoms with Crippen LogP contribution in [0.4, 0.5) is 17.6 Å². The fraction of sp³-hybridized carbons (Fsp3) is 0.217. The van der Waals surface area contributed by atoms with E-state index in [1.54, 1.807) is 24.3 Å². The first-order valence-electron chi connectivity index (χ1n) is 9.16. The van der Waals surface area contributed by atoms with Crippen LogP contribution in [-0.4, -0.2) is 6.61 Å². The van der Waals surface area contributed by atoms with E-state index >= 15 is 0 Å². The maximum Gasteiger partial charge on any atom is 0.167 e. The predicted octanol–water partition coefficient (Wildman–Crippen LogP) is 6.93. The minimum Gasteiger partial charge on any atom is -0.494 e. The van der Waals surface area contributed by atoms with Gasteiger partial charge in [-0.05, 0) is 36.6 Å². The van der Waals surface area contributed by atoms with E-state index in [1.165, 1.54) is 24.3 Å². The smallest absolute Gasteiger partial charge is 0.167 e. The zero-order valence-electron chi connectivity index (χ0n) is 15.7. The first kappa shape index (κ1) is 19.9. The zero-order chi connectivity index (χ0) is 20.3. The van der Waals surface area contributed by atoms with Gasteiger partial charge in [0.15, 0.2) is 23.3 Å². The van der Waals surface area contributed by atoms with Crippen LogP contribution < -0.4 is 4.74 Å².